The Morgan fingerprint density at radius 3 is 1.96 bits per heavy atom. The second kappa shape index (κ2) is 10.3. The van der Waals surface area contributed by atoms with Crippen molar-refractivity contribution in [1.82, 2.24) is 0 Å². The maximum Gasteiger partial charge on any atom is 0.143 e. The molecular formula is C40H29NOS2Si. The number of nitrogens with zero attached hydrogens (tertiary/aromatic N) is 1. The van der Waals surface area contributed by atoms with Gasteiger partial charge in [0.2, 0.25) is 0 Å². The lowest BCUT2D eigenvalue weighted by Crippen LogP contribution is -2.56. The van der Waals surface area contributed by atoms with E-state index in [1.54, 1.807) is 11.8 Å². The van der Waals surface area contributed by atoms with Gasteiger partial charge in [-0.1, -0.05) is 134 Å². The average molecular weight is 632 g/mol. The largest absolute Gasteiger partial charge is 0.455 e. The van der Waals surface area contributed by atoms with E-state index in [1.807, 2.05) is 17.8 Å². The fourth-order valence-corrected chi connectivity index (χ4v) is 13.5. The van der Waals surface area contributed by atoms with E-state index in [4.69, 9.17) is 4.74 Å². The van der Waals surface area contributed by atoms with Gasteiger partial charge in [0.05, 0.1) is 26.9 Å². The molecule has 45 heavy (non-hydrogen) atoms. The van der Waals surface area contributed by atoms with Crippen LogP contribution in [0.4, 0.5) is 17.1 Å². The SMILES string of the molecule is C[Si]1(C)c2ccccc2Sc2c(N(c3cccc4c3Sc3ccccc3O4)c3cc4ccccc4c4ccccc34)cccc21. The highest BCUT2D eigenvalue weighted by atomic mass is 32.2. The number of para-hydroxylation sites is 1. The zero-order valence-corrected chi connectivity index (χ0v) is 27.6. The van der Waals surface area contributed by atoms with Gasteiger partial charge in [-0.15, -0.1) is 0 Å². The molecule has 0 N–H and O–H groups in total. The molecule has 0 spiro atoms. The predicted octanol–water partition coefficient (Wildman–Crippen LogP) is 11.0. The molecule has 9 rings (SSSR count). The van der Waals surface area contributed by atoms with E-state index in [1.165, 1.54) is 53.1 Å². The van der Waals surface area contributed by atoms with Crippen LogP contribution in [0.3, 0.4) is 0 Å². The third kappa shape index (κ3) is 4.18. The molecule has 7 aromatic carbocycles. The Bertz CT molecular complexity index is 2310. The molecule has 0 aliphatic carbocycles. The Balaban J connectivity index is 1.36. The molecule has 2 nitrogen and oxygen atoms in total. The Morgan fingerprint density at radius 2 is 1.09 bits per heavy atom. The molecule has 2 aliphatic heterocycles. The van der Waals surface area contributed by atoms with Crippen molar-refractivity contribution < 1.29 is 4.74 Å². The first-order chi connectivity index (χ1) is 22.1. The summed E-state index contributed by atoms with van der Waals surface area (Å²) < 4.78 is 6.54. The molecular weight excluding hydrogens is 603 g/mol. The average Bonchev–Trinajstić information content (AvgIpc) is 3.08. The summed E-state index contributed by atoms with van der Waals surface area (Å²) >= 11 is 3.72. The summed E-state index contributed by atoms with van der Waals surface area (Å²) in [5, 5.41) is 7.98. The lowest BCUT2D eigenvalue weighted by molar-refractivity contribution is 0.455. The third-order valence-corrected chi connectivity index (χ3v) is 15.4. The van der Waals surface area contributed by atoms with Crippen LogP contribution in [0.1, 0.15) is 0 Å². The number of rotatable bonds is 3. The molecule has 0 saturated carbocycles. The van der Waals surface area contributed by atoms with Crippen molar-refractivity contribution in [2.24, 2.45) is 0 Å². The van der Waals surface area contributed by atoms with Crippen LogP contribution in [-0.4, -0.2) is 8.07 Å². The molecule has 0 atom stereocenters. The summed E-state index contributed by atoms with van der Waals surface area (Å²) in [6, 6.07) is 50.8. The standard InChI is InChI=1S/C40H29NOS2Si/c1-45(2)37-23-10-9-22-36(37)44-40-31(18-12-24-38(40)45)41(30-17-11-20-34-39(30)43-35-21-8-7-19-33(35)42-34)32-25-26-13-3-4-14-27(26)28-15-5-6-16-29(28)32/h3-25H,1-2H3. The van der Waals surface area contributed by atoms with Crippen LogP contribution < -0.4 is 20.0 Å². The van der Waals surface area contributed by atoms with E-state index in [2.05, 4.69) is 151 Å². The normalized spacial score (nSPS) is 14.2. The van der Waals surface area contributed by atoms with Gasteiger partial charge >= 0.3 is 0 Å². The molecule has 0 fully saturated rings. The fourth-order valence-electron chi connectivity index (χ4n) is 6.95. The third-order valence-electron chi connectivity index (χ3n) is 9.15. The first-order valence-electron chi connectivity index (χ1n) is 15.3. The highest BCUT2D eigenvalue weighted by Crippen LogP contribution is 2.55. The number of fused-ring (bicyclic) bond motifs is 7. The van der Waals surface area contributed by atoms with Gasteiger partial charge in [-0.05, 0) is 69.0 Å². The van der Waals surface area contributed by atoms with E-state index in [0.29, 0.717) is 0 Å². The smallest absolute Gasteiger partial charge is 0.143 e. The van der Waals surface area contributed by atoms with Crippen LogP contribution in [0.15, 0.2) is 159 Å². The summed E-state index contributed by atoms with van der Waals surface area (Å²) in [4.78, 5) is 7.50. The first kappa shape index (κ1) is 26.9. The summed E-state index contributed by atoms with van der Waals surface area (Å²) in [5.74, 6) is 1.80. The van der Waals surface area contributed by atoms with Crippen molar-refractivity contribution in [1.29, 1.82) is 0 Å². The van der Waals surface area contributed by atoms with Gasteiger partial charge in [-0.25, -0.2) is 0 Å². The highest BCUT2D eigenvalue weighted by Gasteiger charge is 2.37. The molecule has 0 amide bonds. The Morgan fingerprint density at radius 1 is 0.489 bits per heavy atom. The van der Waals surface area contributed by atoms with Crippen molar-refractivity contribution in [3.8, 4) is 11.5 Å². The molecule has 5 heteroatoms. The van der Waals surface area contributed by atoms with Gasteiger partial charge in [-0.3, -0.25) is 0 Å². The zero-order chi connectivity index (χ0) is 30.1. The molecule has 0 saturated heterocycles. The second-order valence-corrected chi connectivity index (χ2v) is 18.6. The predicted molar refractivity (Wildman–Crippen MR) is 194 cm³/mol. The van der Waals surface area contributed by atoms with Crippen molar-refractivity contribution in [3.63, 3.8) is 0 Å². The summed E-state index contributed by atoms with van der Waals surface area (Å²) in [7, 11) is -1.96. The maximum absolute atomic E-state index is 6.54. The lowest BCUT2D eigenvalue weighted by Gasteiger charge is -2.37. The minimum Gasteiger partial charge on any atom is -0.455 e. The Kier molecular flexibility index (Phi) is 6.17. The van der Waals surface area contributed by atoms with Crippen LogP contribution in [0.2, 0.25) is 13.1 Å². The minimum atomic E-state index is -1.96. The monoisotopic (exact) mass is 631 g/mol. The molecule has 2 aliphatic rings. The second-order valence-electron chi connectivity index (χ2n) is 12.1. The van der Waals surface area contributed by atoms with E-state index in [9.17, 15) is 0 Å². The van der Waals surface area contributed by atoms with Crippen LogP contribution in [-0.2, 0) is 0 Å². The zero-order valence-electron chi connectivity index (χ0n) is 25.0. The van der Waals surface area contributed by atoms with Gasteiger partial charge in [-0.2, -0.15) is 0 Å². The van der Waals surface area contributed by atoms with E-state index in [-0.39, 0.29) is 0 Å². The van der Waals surface area contributed by atoms with E-state index < -0.39 is 8.07 Å². The van der Waals surface area contributed by atoms with Gasteiger partial charge in [0, 0.05) is 15.2 Å². The van der Waals surface area contributed by atoms with E-state index in [0.717, 1.165) is 27.0 Å². The Hall–Kier alpha value is -4.42. The number of hydrogen-bond acceptors (Lipinski definition) is 4. The topological polar surface area (TPSA) is 12.5 Å². The number of anilines is 3. The van der Waals surface area contributed by atoms with E-state index >= 15 is 0 Å². The van der Waals surface area contributed by atoms with Gasteiger partial charge in [0.1, 0.15) is 19.6 Å². The molecule has 0 aromatic heterocycles. The molecule has 2 heterocycles. The molecule has 0 radical (unpaired) electrons. The summed E-state index contributed by atoms with van der Waals surface area (Å²) in [6.07, 6.45) is 0. The van der Waals surface area contributed by atoms with Gasteiger partial charge in [0.15, 0.2) is 0 Å². The molecule has 7 aromatic rings. The number of benzene rings is 7. The molecule has 0 unspecified atom stereocenters. The fraction of sp³-hybridized carbons (Fsp3) is 0.0500. The van der Waals surface area contributed by atoms with Gasteiger partial charge in [0.25, 0.3) is 0 Å². The van der Waals surface area contributed by atoms with Crippen molar-refractivity contribution in [2.45, 2.75) is 32.7 Å². The first-order valence-corrected chi connectivity index (χ1v) is 19.9. The van der Waals surface area contributed by atoms with Crippen LogP contribution in [0.5, 0.6) is 11.5 Å². The van der Waals surface area contributed by atoms with Crippen LogP contribution >= 0.6 is 23.5 Å². The van der Waals surface area contributed by atoms with Crippen molar-refractivity contribution in [3.05, 3.63) is 140 Å². The molecule has 216 valence electrons. The highest BCUT2D eigenvalue weighted by molar-refractivity contribution is 8.00. The maximum atomic E-state index is 6.54. The molecule has 0 bridgehead atoms. The quantitative estimate of drug-likeness (QED) is 0.142. The summed E-state index contributed by atoms with van der Waals surface area (Å²) in [6.45, 7) is 4.99. The number of ether oxygens (including phenoxy) is 1. The van der Waals surface area contributed by atoms with Gasteiger partial charge < -0.3 is 9.64 Å². The van der Waals surface area contributed by atoms with Crippen molar-refractivity contribution >= 4 is 80.6 Å². The minimum absolute atomic E-state index is 0.892. The summed E-state index contributed by atoms with van der Waals surface area (Å²) in [5.41, 5.74) is 3.50. The lowest BCUT2D eigenvalue weighted by atomic mass is 9.99. The number of hydrogen-bond donors (Lipinski definition) is 0. The Labute approximate surface area is 272 Å². The van der Waals surface area contributed by atoms with Crippen molar-refractivity contribution in [2.75, 3.05) is 4.90 Å². The van der Waals surface area contributed by atoms with Crippen LogP contribution in [0, 0.1) is 0 Å². The van der Waals surface area contributed by atoms with Crippen LogP contribution in [0.25, 0.3) is 21.5 Å².